The topological polar surface area (TPSA) is 97.5 Å². The maximum absolute atomic E-state index is 11.9. The Balaban J connectivity index is 1.83. The molecule has 7 nitrogen and oxygen atoms in total. The van der Waals surface area contributed by atoms with Crippen molar-refractivity contribution >= 4 is 40.3 Å². The molecule has 1 N–H and O–H groups in total. The number of nitro groups is 1. The van der Waals surface area contributed by atoms with Gasteiger partial charge in [0.25, 0.3) is 11.6 Å². The van der Waals surface area contributed by atoms with Crippen LogP contribution in [0.15, 0.2) is 58.6 Å². The van der Waals surface area contributed by atoms with Crippen LogP contribution >= 0.6 is 11.8 Å². The number of nitrogens with zero attached hydrogens (tertiary/aromatic N) is 3. The zero-order chi connectivity index (χ0) is 16.2. The van der Waals surface area contributed by atoms with Gasteiger partial charge in [0.2, 0.25) is 0 Å². The van der Waals surface area contributed by atoms with E-state index in [4.69, 9.17) is 0 Å². The molecule has 1 saturated heterocycles. The van der Waals surface area contributed by atoms with Crippen LogP contribution in [0.1, 0.15) is 5.69 Å². The molecule has 1 aliphatic heterocycles. The van der Waals surface area contributed by atoms with Gasteiger partial charge in [-0.15, -0.1) is 0 Å². The molecule has 0 radical (unpaired) electrons. The van der Waals surface area contributed by atoms with E-state index in [1.165, 1.54) is 12.1 Å². The van der Waals surface area contributed by atoms with Crippen LogP contribution in [-0.4, -0.2) is 21.0 Å². The second-order valence-corrected chi connectivity index (χ2v) is 5.54. The number of rotatable bonds is 3. The summed E-state index contributed by atoms with van der Waals surface area (Å²) in [6.45, 7) is 0. The Morgan fingerprint density at radius 1 is 1.26 bits per heavy atom. The number of carbonyl (C=O) groups excluding carboxylic acids is 1. The molecule has 2 aromatic rings. The summed E-state index contributed by atoms with van der Waals surface area (Å²) in [6, 6.07) is 11.3. The average Bonchev–Trinajstić information content (AvgIpc) is 2.88. The van der Waals surface area contributed by atoms with E-state index in [0.717, 1.165) is 11.8 Å². The van der Waals surface area contributed by atoms with Crippen molar-refractivity contribution in [1.29, 1.82) is 0 Å². The van der Waals surface area contributed by atoms with Crippen LogP contribution in [0.5, 0.6) is 0 Å². The molecule has 0 unspecified atom stereocenters. The summed E-state index contributed by atoms with van der Waals surface area (Å²) in [6.07, 6.45) is 3.30. The van der Waals surface area contributed by atoms with Gasteiger partial charge in [-0.1, -0.05) is 12.1 Å². The molecule has 1 aromatic heterocycles. The summed E-state index contributed by atoms with van der Waals surface area (Å²) < 4.78 is 0. The number of carbonyl (C=O) groups is 1. The quantitative estimate of drug-likeness (QED) is 0.531. The number of nitrogens with one attached hydrogen (secondary N) is 1. The fourth-order valence-corrected chi connectivity index (χ4v) is 2.70. The van der Waals surface area contributed by atoms with E-state index in [2.05, 4.69) is 15.3 Å². The van der Waals surface area contributed by atoms with Crippen LogP contribution in [0.3, 0.4) is 0 Å². The van der Waals surface area contributed by atoms with Crippen LogP contribution in [0, 0.1) is 10.1 Å². The third-order valence-electron chi connectivity index (χ3n) is 2.89. The maximum atomic E-state index is 11.9. The molecule has 0 atom stereocenters. The second-order valence-electron chi connectivity index (χ2n) is 4.51. The minimum atomic E-state index is -0.490. The van der Waals surface area contributed by atoms with Crippen molar-refractivity contribution in [3.8, 4) is 0 Å². The van der Waals surface area contributed by atoms with E-state index >= 15 is 0 Å². The third kappa shape index (κ3) is 3.61. The number of thioether (sulfide) groups is 1. The maximum Gasteiger partial charge on any atom is 0.271 e. The van der Waals surface area contributed by atoms with Crippen molar-refractivity contribution < 1.29 is 9.72 Å². The predicted octanol–water partition coefficient (Wildman–Crippen LogP) is 2.88. The fraction of sp³-hybridized carbons (Fsp3) is 0. The number of hydrogen-bond donors (Lipinski definition) is 1. The standard InChI is InChI=1S/C15H10N4O3S/c20-14-13(9-10-4-1-2-7-16-10)23-15(18-14)17-11-5-3-6-12(8-11)19(21)22/h1-9H,(H,17,18,20)/b13-9-. The zero-order valence-corrected chi connectivity index (χ0v) is 12.5. The molecule has 1 aromatic carbocycles. The monoisotopic (exact) mass is 326 g/mol. The molecule has 23 heavy (non-hydrogen) atoms. The summed E-state index contributed by atoms with van der Waals surface area (Å²) in [7, 11) is 0. The van der Waals surface area contributed by atoms with E-state index in [9.17, 15) is 14.9 Å². The first-order valence-corrected chi connectivity index (χ1v) is 7.38. The lowest BCUT2D eigenvalue weighted by atomic mass is 10.3. The number of hydrogen-bond acceptors (Lipinski definition) is 6. The van der Waals surface area contributed by atoms with Gasteiger partial charge in [0.15, 0.2) is 5.17 Å². The predicted molar refractivity (Wildman–Crippen MR) is 88.1 cm³/mol. The summed E-state index contributed by atoms with van der Waals surface area (Å²) >= 11 is 1.16. The van der Waals surface area contributed by atoms with E-state index in [1.54, 1.807) is 36.5 Å². The smallest absolute Gasteiger partial charge is 0.271 e. The van der Waals surface area contributed by atoms with E-state index < -0.39 is 4.92 Å². The summed E-state index contributed by atoms with van der Waals surface area (Å²) in [4.78, 5) is 31.0. The highest BCUT2D eigenvalue weighted by Crippen LogP contribution is 2.28. The molecule has 114 valence electrons. The van der Waals surface area contributed by atoms with Crippen molar-refractivity contribution in [1.82, 2.24) is 10.3 Å². The zero-order valence-electron chi connectivity index (χ0n) is 11.7. The molecule has 1 aliphatic rings. The number of aromatic nitrogens is 1. The van der Waals surface area contributed by atoms with Crippen molar-refractivity contribution in [2.75, 3.05) is 0 Å². The van der Waals surface area contributed by atoms with Gasteiger partial charge in [-0.2, -0.15) is 0 Å². The minimum absolute atomic E-state index is 0.0505. The number of benzene rings is 1. The molecule has 0 saturated carbocycles. The van der Waals surface area contributed by atoms with Crippen LogP contribution in [-0.2, 0) is 4.79 Å². The van der Waals surface area contributed by atoms with Gasteiger partial charge in [-0.3, -0.25) is 19.9 Å². The molecule has 0 aliphatic carbocycles. The lowest BCUT2D eigenvalue weighted by Gasteiger charge is -1.96. The molecule has 2 heterocycles. The van der Waals surface area contributed by atoms with E-state index in [-0.39, 0.29) is 11.6 Å². The number of nitro benzene ring substituents is 1. The highest BCUT2D eigenvalue weighted by molar-refractivity contribution is 8.18. The summed E-state index contributed by atoms with van der Waals surface area (Å²) in [5, 5.41) is 13.8. The molecule has 0 bridgehead atoms. The largest absolute Gasteiger partial charge is 0.300 e. The second kappa shape index (κ2) is 6.41. The number of amides is 1. The molecular formula is C15H10N4O3S. The van der Waals surface area contributed by atoms with Crippen LogP contribution in [0.25, 0.3) is 6.08 Å². The molecule has 1 amide bonds. The lowest BCUT2D eigenvalue weighted by molar-refractivity contribution is -0.384. The molecule has 0 spiro atoms. The Hall–Kier alpha value is -3.00. The molecule has 8 heteroatoms. The Labute approximate surface area is 135 Å². The van der Waals surface area contributed by atoms with Gasteiger partial charge in [-0.05, 0) is 36.0 Å². The van der Waals surface area contributed by atoms with E-state index in [0.29, 0.717) is 21.5 Å². The Kier molecular flexibility index (Phi) is 4.15. The Bertz CT molecular complexity index is 834. The summed E-state index contributed by atoms with van der Waals surface area (Å²) in [5.74, 6) is -0.273. The van der Waals surface area contributed by atoms with Crippen LogP contribution in [0.2, 0.25) is 0 Å². The molecule has 3 rings (SSSR count). The fourth-order valence-electron chi connectivity index (χ4n) is 1.87. The van der Waals surface area contributed by atoms with Gasteiger partial charge < -0.3 is 5.32 Å². The minimum Gasteiger partial charge on any atom is -0.300 e. The number of non-ortho nitro benzene ring substituents is 1. The number of aliphatic imine (C=N–C) groups is 1. The van der Waals surface area contributed by atoms with Crippen molar-refractivity contribution in [3.63, 3.8) is 0 Å². The summed E-state index contributed by atoms with van der Waals surface area (Å²) in [5.41, 5.74) is 1.02. The van der Waals surface area contributed by atoms with Crippen LogP contribution < -0.4 is 5.32 Å². The van der Waals surface area contributed by atoms with Gasteiger partial charge >= 0.3 is 0 Å². The first-order valence-electron chi connectivity index (χ1n) is 6.57. The Morgan fingerprint density at radius 3 is 2.87 bits per heavy atom. The third-order valence-corrected chi connectivity index (χ3v) is 3.80. The van der Waals surface area contributed by atoms with Gasteiger partial charge in [0.05, 0.1) is 21.2 Å². The van der Waals surface area contributed by atoms with Gasteiger partial charge in [-0.25, -0.2) is 4.99 Å². The number of pyridine rings is 1. The normalized spacial score (nSPS) is 17.5. The SMILES string of the molecule is O=C1NC(=Nc2cccc([N+](=O)[O-])c2)S/C1=C\c1ccccn1. The first-order chi connectivity index (χ1) is 11.1. The molecular weight excluding hydrogens is 316 g/mol. The van der Waals surface area contributed by atoms with E-state index in [1.807, 2.05) is 6.07 Å². The first kappa shape index (κ1) is 14.9. The van der Waals surface area contributed by atoms with Crippen molar-refractivity contribution in [2.45, 2.75) is 0 Å². The number of amidine groups is 1. The molecule has 1 fully saturated rings. The Morgan fingerprint density at radius 2 is 2.13 bits per heavy atom. The highest BCUT2D eigenvalue weighted by atomic mass is 32.2. The van der Waals surface area contributed by atoms with Gasteiger partial charge in [0.1, 0.15) is 0 Å². The average molecular weight is 326 g/mol. The van der Waals surface area contributed by atoms with Crippen molar-refractivity contribution in [2.24, 2.45) is 4.99 Å². The van der Waals surface area contributed by atoms with Crippen LogP contribution in [0.4, 0.5) is 11.4 Å². The highest BCUT2D eigenvalue weighted by Gasteiger charge is 2.24. The van der Waals surface area contributed by atoms with Crippen molar-refractivity contribution in [3.05, 3.63) is 69.4 Å². The lowest BCUT2D eigenvalue weighted by Crippen LogP contribution is -2.19. The van der Waals surface area contributed by atoms with Gasteiger partial charge in [0, 0.05) is 18.3 Å².